The summed E-state index contributed by atoms with van der Waals surface area (Å²) in [6.07, 6.45) is 0. The number of rotatable bonds is 3. The van der Waals surface area contributed by atoms with Crippen LogP contribution in [0, 0.1) is 0 Å². The molecule has 0 radical (unpaired) electrons. The molecule has 1 aromatic rings. The van der Waals surface area contributed by atoms with Gasteiger partial charge in [-0.15, -0.1) is 0 Å². The molecule has 0 aliphatic heterocycles. The number of hydrogen-bond donors (Lipinski definition) is 2. The highest BCUT2D eigenvalue weighted by Gasteiger charge is 2.03. The van der Waals surface area contributed by atoms with Crippen molar-refractivity contribution in [2.45, 2.75) is 0 Å². The van der Waals surface area contributed by atoms with E-state index in [0.29, 0.717) is 10.2 Å². The molecule has 0 saturated carbocycles. The number of phenols is 1. The number of hydrogen-bond acceptors (Lipinski definition) is 3. The predicted molar refractivity (Wildman–Crippen MR) is 48.9 cm³/mol. The van der Waals surface area contributed by atoms with Gasteiger partial charge in [0, 0.05) is 0 Å². The average Bonchev–Trinajstić information content (AvgIpc) is 2.02. The van der Waals surface area contributed by atoms with E-state index in [1.165, 1.54) is 18.2 Å². The second-order valence-electron chi connectivity index (χ2n) is 2.30. The van der Waals surface area contributed by atoms with Crippen LogP contribution in [-0.2, 0) is 4.79 Å². The van der Waals surface area contributed by atoms with Crippen LogP contribution in [0.25, 0.3) is 0 Å². The fourth-order valence-corrected chi connectivity index (χ4v) is 1.23. The second-order valence-corrected chi connectivity index (χ2v) is 3.15. The fourth-order valence-electron chi connectivity index (χ4n) is 0.746. The maximum atomic E-state index is 10.2. The lowest BCUT2D eigenvalue weighted by Crippen LogP contribution is -2.09. The Labute approximate surface area is 82.9 Å². The highest BCUT2D eigenvalue weighted by Crippen LogP contribution is 2.28. The number of aliphatic carboxylic acids is 1. The molecule has 1 aromatic carbocycles. The molecule has 0 aliphatic rings. The van der Waals surface area contributed by atoms with Gasteiger partial charge in [0.15, 0.2) is 6.61 Å². The zero-order valence-corrected chi connectivity index (χ0v) is 8.11. The molecular formula is C8H7BrO4. The van der Waals surface area contributed by atoms with Crippen molar-refractivity contribution >= 4 is 21.9 Å². The predicted octanol–water partition coefficient (Wildman–Crippen LogP) is 1.62. The number of carboxylic acids is 1. The number of phenolic OH excluding ortho intramolecular Hbond substituents is 1. The molecular weight excluding hydrogens is 240 g/mol. The molecule has 1 rings (SSSR count). The standard InChI is InChI=1S/C8H7BrO4/c9-6-3-5(10)1-2-7(6)13-4-8(11)12/h1-3,10H,4H2,(H,11,12). The first kappa shape index (κ1) is 9.85. The zero-order valence-electron chi connectivity index (χ0n) is 6.53. The van der Waals surface area contributed by atoms with Gasteiger partial charge in [0.05, 0.1) is 4.47 Å². The summed E-state index contributed by atoms with van der Waals surface area (Å²) in [4.78, 5) is 10.2. The van der Waals surface area contributed by atoms with Crippen LogP contribution in [0.1, 0.15) is 0 Å². The summed E-state index contributed by atoms with van der Waals surface area (Å²) < 4.78 is 5.42. The molecule has 0 spiro atoms. The van der Waals surface area contributed by atoms with Crippen LogP contribution < -0.4 is 4.74 Å². The summed E-state index contributed by atoms with van der Waals surface area (Å²) in [6.45, 7) is -0.399. The lowest BCUT2D eigenvalue weighted by Gasteiger charge is -2.05. The molecule has 0 fully saturated rings. The van der Waals surface area contributed by atoms with Gasteiger partial charge < -0.3 is 14.9 Å². The van der Waals surface area contributed by atoms with Crippen LogP contribution in [-0.4, -0.2) is 22.8 Å². The molecule has 0 bridgehead atoms. The summed E-state index contributed by atoms with van der Waals surface area (Å²) >= 11 is 3.12. The van der Waals surface area contributed by atoms with Crippen molar-refractivity contribution in [1.82, 2.24) is 0 Å². The van der Waals surface area contributed by atoms with Gasteiger partial charge in [-0.25, -0.2) is 4.79 Å². The van der Waals surface area contributed by atoms with Gasteiger partial charge in [0.1, 0.15) is 11.5 Å². The maximum absolute atomic E-state index is 10.2. The van der Waals surface area contributed by atoms with E-state index in [2.05, 4.69) is 15.9 Å². The number of aromatic hydroxyl groups is 1. The van der Waals surface area contributed by atoms with E-state index in [4.69, 9.17) is 14.9 Å². The molecule has 70 valence electrons. The third-order valence-corrected chi connectivity index (χ3v) is 1.89. The Morgan fingerprint density at radius 1 is 1.54 bits per heavy atom. The molecule has 2 N–H and O–H groups in total. The number of ether oxygens (including phenoxy) is 1. The van der Waals surface area contributed by atoms with Gasteiger partial charge in [-0.1, -0.05) is 0 Å². The molecule has 0 aliphatic carbocycles. The van der Waals surface area contributed by atoms with Crippen molar-refractivity contribution in [2.24, 2.45) is 0 Å². The van der Waals surface area contributed by atoms with Gasteiger partial charge in [-0.05, 0) is 34.1 Å². The molecule has 0 aromatic heterocycles. The summed E-state index contributed by atoms with van der Waals surface area (Å²) in [6, 6.07) is 4.33. The van der Waals surface area contributed by atoms with Gasteiger partial charge in [0.25, 0.3) is 0 Å². The summed E-state index contributed by atoms with van der Waals surface area (Å²) in [7, 11) is 0. The lowest BCUT2D eigenvalue weighted by molar-refractivity contribution is -0.139. The highest BCUT2D eigenvalue weighted by molar-refractivity contribution is 9.10. The van der Waals surface area contributed by atoms with E-state index >= 15 is 0 Å². The minimum absolute atomic E-state index is 0.0922. The number of carboxylic acid groups (broad SMARTS) is 1. The van der Waals surface area contributed by atoms with E-state index in [1.807, 2.05) is 0 Å². The van der Waals surface area contributed by atoms with E-state index in [9.17, 15) is 4.79 Å². The van der Waals surface area contributed by atoms with Crippen molar-refractivity contribution in [3.8, 4) is 11.5 Å². The summed E-state index contributed by atoms with van der Waals surface area (Å²) in [5, 5.41) is 17.3. The minimum Gasteiger partial charge on any atom is -0.508 e. The largest absolute Gasteiger partial charge is 0.508 e. The highest BCUT2D eigenvalue weighted by atomic mass is 79.9. The zero-order chi connectivity index (χ0) is 9.84. The number of carbonyl (C=O) groups is 1. The topological polar surface area (TPSA) is 66.8 Å². The number of benzene rings is 1. The molecule has 0 heterocycles. The normalized spacial score (nSPS) is 9.62. The Kier molecular flexibility index (Phi) is 3.13. The average molecular weight is 247 g/mol. The van der Waals surface area contributed by atoms with Crippen LogP contribution in [0.15, 0.2) is 22.7 Å². The van der Waals surface area contributed by atoms with Gasteiger partial charge in [-0.3, -0.25) is 0 Å². The molecule has 0 saturated heterocycles. The Bertz CT molecular complexity index is 324. The van der Waals surface area contributed by atoms with Gasteiger partial charge in [-0.2, -0.15) is 0 Å². The Morgan fingerprint density at radius 2 is 2.23 bits per heavy atom. The van der Waals surface area contributed by atoms with Crippen molar-refractivity contribution < 1.29 is 19.7 Å². The Morgan fingerprint density at radius 3 is 2.77 bits per heavy atom. The first-order chi connectivity index (χ1) is 6.09. The number of halogens is 1. The summed E-state index contributed by atoms with van der Waals surface area (Å²) in [5.74, 6) is -0.560. The van der Waals surface area contributed by atoms with Crippen LogP contribution in [0.2, 0.25) is 0 Å². The third-order valence-electron chi connectivity index (χ3n) is 1.27. The van der Waals surface area contributed by atoms with Crippen molar-refractivity contribution in [1.29, 1.82) is 0 Å². The molecule has 13 heavy (non-hydrogen) atoms. The smallest absolute Gasteiger partial charge is 0.341 e. The van der Waals surface area contributed by atoms with E-state index in [-0.39, 0.29) is 5.75 Å². The molecule has 0 unspecified atom stereocenters. The monoisotopic (exact) mass is 246 g/mol. The van der Waals surface area contributed by atoms with Crippen molar-refractivity contribution in [2.75, 3.05) is 6.61 Å². The molecule has 5 heteroatoms. The first-order valence-corrected chi connectivity index (χ1v) is 4.22. The molecule has 0 atom stereocenters. The molecule has 0 amide bonds. The summed E-state index contributed by atoms with van der Waals surface area (Å²) in [5.41, 5.74) is 0. The van der Waals surface area contributed by atoms with Gasteiger partial charge >= 0.3 is 5.97 Å². The van der Waals surface area contributed by atoms with Crippen LogP contribution in [0.3, 0.4) is 0 Å². The Balaban J connectivity index is 2.72. The minimum atomic E-state index is -1.04. The van der Waals surface area contributed by atoms with Gasteiger partial charge in [0.2, 0.25) is 0 Å². The quantitative estimate of drug-likeness (QED) is 0.851. The Hall–Kier alpha value is -1.23. The second kappa shape index (κ2) is 4.13. The van der Waals surface area contributed by atoms with E-state index in [1.54, 1.807) is 0 Å². The fraction of sp³-hybridized carbons (Fsp3) is 0.125. The van der Waals surface area contributed by atoms with E-state index in [0.717, 1.165) is 0 Å². The first-order valence-electron chi connectivity index (χ1n) is 3.42. The van der Waals surface area contributed by atoms with E-state index < -0.39 is 12.6 Å². The SMILES string of the molecule is O=C(O)COc1ccc(O)cc1Br. The van der Waals surface area contributed by atoms with Crippen LogP contribution in [0.5, 0.6) is 11.5 Å². The van der Waals surface area contributed by atoms with Crippen LogP contribution >= 0.6 is 15.9 Å². The van der Waals surface area contributed by atoms with Crippen molar-refractivity contribution in [3.63, 3.8) is 0 Å². The lowest BCUT2D eigenvalue weighted by atomic mass is 10.3. The third kappa shape index (κ3) is 2.95. The van der Waals surface area contributed by atoms with Crippen molar-refractivity contribution in [3.05, 3.63) is 22.7 Å². The van der Waals surface area contributed by atoms with Crippen LogP contribution in [0.4, 0.5) is 0 Å². The maximum Gasteiger partial charge on any atom is 0.341 e. The molecule has 4 nitrogen and oxygen atoms in total.